The first-order chi connectivity index (χ1) is 10.3. The van der Waals surface area contributed by atoms with Crippen LogP contribution in [0.25, 0.3) is 0 Å². The van der Waals surface area contributed by atoms with Crippen molar-refractivity contribution in [1.29, 1.82) is 0 Å². The molecule has 0 aromatic rings. The summed E-state index contributed by atoms with van der Waals surface area (Å²) in [6.45, 7) is 11.9. The minimum Gasteiger partial charge on any atom is -0.478 e. The third-order valence-electron chi connectivity index (χ3n) is 5.84. The van der Waals surface area contributed by atoms with Crippen molar-refractivity contribution in [3.8, 4) is 0 Å². The monoisotopic (exact) mass is 304 g/mol. The largest absolute Gasteiger partial charge is 0.478 e. The van der Waals surface area contributed by atoms with Gasteiger partial charge >= 0.3 is 5.97 Å². The number of carboxylic acid groups (broad SMARTS) is 1. The van der Waals surface area contributed by atoms with Gasteiger partial charge in [-0.3, -0.25) is 0 Å². The molecule has 0 aromatic carbocycles. The summed E-state index contributed by atoms with van der Waals surface area (Å²) >= 11 is 0. The highest BCUT2D eigenvalue weighted by Crippen LogP contribution is 2.50. The average molecular weight is 304 g/mol. The highest BCUT2D eigenvalue weighted by atomic mass is 16.4. The molecule has 1 saturated carbocycles. The van der Waals surface area contributed by atoms with E-state index in [2.05, 4.69) is 39.5 Å². The van der Waals surface area contributed by atoms with Crippen molar-refractivity contribution < 1.29 is 15.0 Å². The van der Waals surface area contributed by atoms with Crippen LogP contribution < -0.4 is 0 Å². The van der Waals surface area contributed by atoms with Gasteiger partial charge in [-0.1, -0.05) is 45.6 Å². The van der Waals surface area contributed by atoms with Crippen LogP contribution in [0.2, 0.25) is 0 Å². The van der Waals surface area contributed by atoms with E-state index in [1.807, 2.05) is 0 Å². The second kappa shape index (κ2) is 6.41. The standard InChI is InChI=1S/C19H28O3/c1-6-15(12(4)19(21)22)16-10(2)7-8-14-9-11(3)18(20)13(5)17(14)16/h6-8,10-11,13-14,16-18,20H,1,9H2,2-5H3,(H,21,22)/b15-12+/t10-,11+,13-,14-,16+,17-,18-/m0/s1. The minimum absolute atomic E-state index is 0.112. The molecule has 1 fully saturated rings. The van der Waals surface area contributed by atoms with Gasteiger partial charge in [0.2, 0.25) is 0 Å². The van der Waals surface area contributed by atoms with Crippen LogP contribution in [-0.4, -0.2) is 22.3 Å². The molecule has 7 atom stereocenters. The van der Waals surface area contributed by atoms with Crippen molar-refractivity contribution in [3.05, 3.63) is 36.0 Å². The van der Waals surface area contributed by atoms with Crippen molar-refractivity contribution >= 4 is 5.97 Å². The first-order valence-electron chi connectivity index (χ1n) is 8.22. The van der Waals surface area contributed by atoms with Gasteiger partial charge in [0.15, 0.2) is 0 Å². The molecule has 2 rings (SSSR count). The Balaban J connectivity index is 2.49. The molecule has 0 radical (unpaired) electrons. The number of hydrogen-bond acceptors (Lipinski definition) is 2. The number of rotatable bonds is 3. The van der Waals surface area contributed by atoms with Gasteiger partial charge in [-0.05, 0) is 54.4 Å². The van der Waals surface area contributed by atoms with Crippen LogP contribution in [0.3, 0.4) is 0 Å². The summed E-state index contributed by atoms with van der Waals surface area (Å²) in [7, 11) is 0. The van der Waals surface area contributed by atoms with Gasteiger partial charge in [0.05, 0.1) is 6.10 Å². The Morgan fingerprint density at radius 3 is 2.45 bits per heavy atom. The van der Waals surface area contributed by atoms with E-state index in [1.54, 1.807) is 13.0 Å². The number of fused-ring (bicyclic) bond motifs is 1. The van der Waals surface area contributed by atoms with E-state index in [0.717, 1.165) is 12.0 Å². The van der Waals surface area contributed by atoms with Crippen LogP contribution in [0.5, 0.6) is 0 Å². The normalized spacial score (nSPS) is 42.3. The van der Waals surface area contributed by atoms with Gasteiger partial charge in [0.1, 0.15) is 0 Å². The highest BCUT2D eigenvalue weighted by Gasteiger charge is 2.46. The van der Waals surface area contributed by atoms with Gasteiger partial charge < -0.3 is 10.2 Å². The second-order valence-electron chi connectivity index (χ2n) is 7.16. The summed E-state index contributed by atoms with van der Waals surface area (Å²) in [4.78, 5) is 11.4. The molecule has 2 N–H and O–H groups in total. The second-order valence-corrected chi connectivity index (χ2v) is 7.16. The first-order valence-corrected chi connectivity index (χ1v) is 8.22. The van der Waals surface area contributed by atoms with Gasteiger partial charge in [0, 0.05) is 5.57 Å². The van der Waals surface area contributed by atoms with E-state index in [1.165, 1.54) is 0 Å². The molecule has 0 saturated heterocycles. The topological polar surface area (TPSA) is 57.5 Å². The molecular formula is C19H28O3. The molecule has 3 nitrogen and oxygen atoms in total. The minimum atomic E-state index is -0.884. The summed E-state index contributed by atoms with van der Waals surface area (Å²) in [5.74, 6) is 0.604. The van der Waals surface area contributed by atoms with Crippen molar-refractivity contribution in [2.75, 3.05) is 0 Å². The van der Waals surface area contributed by atoms with Crippen molar-refractivity contribution in [2.45, 2.75) is 40.2 Å². The van der Waals surface area contributed by atoms with E-state index >= 15 is 0 Å². The number of carboxylic acids is 1. The first kappa shape index (κ1) is 17.0. The fourth-order valence-corrected chi connectivity index (χ4v) is 4.60. The molecule has 0 spiro atoms. The zero-order valence-corrected chi connectivity index (χ0v) is 14.0. The maximum Gasteiger partial charge on any atom is 0.331 e. The number of carbonyl (C=O) groups is 1. The zero-order chi connectivity index (χ0) is 16.6. The van der Waals surface area contributed by atoms with Crippen molar-refractivity contribution in [1.82, 2.24) is 0 Å². The van der Waals surface area contributed by atoms with E-state index in [9.17, 15) is 15.0 Å². The van der Waals surface area contributed by atoms with E-state index in [4.69, 9.17) is 0 Å². The third-order valence-corrected chi connectivity index (χ3v) is 5.84. The average Bonchev–Trinajstić information content (AvgIpc) is 2.47. The fraction of sp³-hybridized carbons (Fsp3) is 0.632. The molecule has 22 heavy (non-hydrogen) atoms. The smallest absolute Gasteiger partial charge is 0.331 e. The van der Waals surface area contributed by atoms with Crippen LogP contribution in [-0.2, 0) is 4.79 Å². The summed E-state index contributed by atoms with van der Waals surface area (Å²) in [5.41, 5.74) is 1.20. The van der Waals surface area contributed by atoms with Crippen LogP contribution in [0.4, 0.5) is 0 Å². The molecule has 122 valence electrons. The van der Waals surface area contributed by atoms with Crippen LogP contribution in [0, 0.1) is 35.5 Å². The predicted molar refractivity (Wildman–Crippen MR) is 88.3 cm³/mol. The maximum atomic E-state index is 11.4. The molecule has 0 aromatic heterocycles. The summed E-state index contributed by atoms with van der Waals surface area (Å²) in [5, 5.41) is 19.9. The predicted octanol–water partition coefficient (Wildman–Crippen LogP) is 3.66. The summed E-state index contributed by atoms with van der Waals surface area (Å²) < 4.78 is 0. The van der Waals surface area contributed by atoms with E-state index < -0.39 is 5.97 Å². The lowest BCUT2D eigenvalue weighted by molar-refractivity contribution is -0.132. The van der Waals surface area contributed by atoms with E-state index in [-0.39, 0.29) is 35.7 Å². The quantitative estimate of drug-likeness (QED) is 0.475. The fourth-order valence-electron chi connectivity index (χ4n) is 4.60. The molecule has 0 unspecified atom stereocenters. The van der Waals surface area contributed by atoms with Crippen LogP contribution >= 0.6 is 0 Å². The Morgan fingerprint density at radius 2 is 1.91 bits per heavy atom. The molecule has 2 aliphatic rings. The lowest BCUT2D eigenvalue weighted by atomic mass is 9.56. The van der Waals surface area contributed by atoms with E-state index in [0.29, 0.717) is 11.5 Å². The molecule has 3 heteroatoms. The summed E-state index contributed by atoms with van der Waals surface area (Å²) in [6.07, 6.45) is 6.84. The number of aliphatic hydroxyl groups excluding tert-OH is 1. The van der Waals surface area contributed by atoms with Crippen molar-refractivity contribution in [3.63, 3.8) is 0 Å². The molecule has 0 amide bonds. The van der Waals surface area contributed by atoms with Gasteiger partial charge in [-0.15, -0.1) is 0 Å². The Hall–Kier alpha value is -1.35. The molecule has 0 bridgehead atoms. The van der Waals surface area contributed by atoms with Crippen LogP contribution in [0.1, 0.15) is 34.1 Å². The van der Waals surface area contributed by atoms with Gasteiger partial charge in [-0.25, -0.2) is 4.79 Å². The number of aliphatic hydroxyl groups is 1. The molecule has 0 heterocycles. The molecule has 2 aliphatic carbocycles. The Labute approximate surface area is 133 Å². The molecular weight excluding hydrogens is 276 g/mol. The Kier molecular flexibility index (Phi) is 4.96. The number of hydrogen-bond donors (Lipinski definition) is 2. The number of aliphatic carboxylic acids is 1. The third kappa shape index (κ3) is 2.79. The maximum absolute atomic E-state index is 11.4. The molecule has 0 aliphatic heterocycles. The number of allylic oxidation sites excluding steroid dienone is 4. The Morgan fingerprint density at radius 1 is 1.27 bits per heavy atom. The zero-order valence-electron chi connectivity index (χ0n) is 14.0. The lowest BCUT2D eigenvalue weighted by Gasteiger charge is -2.49. The lowest BCUT2D eigenvalue weighted by Crippen LogP contribution is -2.47. The summed E-state index contributed by atoms with van der Waals surface area (Å²) in [6, 6.07) is 0. The highest BCUT2D eigenvalue weighted by molar-refractivity contribution is 5.87. The van der Waals surface area contributed by atoms with Gasteiger partial charge in [0.25, 0.3) is 0 Å². The van der Waals surface area contributed by atoms with Crippen molar-refractivity contribution in [2.24, 2.45) is 35.5 Å². The van der Waals surface area contributed by atoms with Crippen LogP contribution in [0.15, 0.2) is 36.0 Å². The van der Waals surface area contributed by atoms with Gasteiger partial charge in [-0.2, -0.15) is 0 Å². The Bertz CT molecular complexity index is 517. The SMILES string of the molecule is C=C/C(=C(/C)C(=O)O)[C@@H]1[C@H]2[C@H](C)[C@@H](O)[C@H](C)C[C@@H]2C=C[C@@H]1C.